The molecule has 29 heavy (non-hydrogen) atoms. The third kappa shape index (κ3) is 5.95. The molecular weight excluding hydrogens is 386 g/mol. The van der Waals surface area contributed by atoms with Crippen molar-refractivity contribution in [1.29, 1.82) is 0 Å². The van der Waals surface area contributed by atoms with Crippen molar-refractivity contribution in [3.63, 3.8) is 0 Å². The molecule has 0 spiro atoms. The predicted molar refractivity (Wildman–Crippen MR) is 119 cm³/mol. The molecule has 2 amide bonds. The van der Waals surface area contributed by atoms with E-state index in [2.05, 4.69) is 26.1 Å². The number of benzene rings is 1. The zero-order chi connectivity index (χ0) is 20.5. The van der Waals surface area contributed by atoms with Crippen molar-refractivity contribution in [2.45, 2.75) is 65.0 Å². The Morgan fingerprint density at radius 2 is 1.72 bits per heavy atom. The molecule has 162 valence electrons. The van der Waals surface area contributed by atoms with Crippen LogP contribution in [-0.2, 0) is 0 Å². The third-order valence-corrected chi connectivity index (χ3v) is 6.10. The highest BCUT2D eigenvalue weighted by atomic mass is 35.5. The summed E-state index contributed by atoms with van der Waals surface area (Å²) in [6.07, 6.45) is 5.52. The van der Waals surface area contributed by atoms with Gasteiger partial charge in [-0.15, -0.1) is 12.4 Å². The van der Waals surface area contributed by atoms with Gasteiger partial charge in [0.1, 0.15) is 0 Å². The molecule has 2 saturated carbocycles. The van der Waals surface area contributed by atoms with E-state index in [4.69, 9.17) is 5.73 Å². The number of nitrogens with two attached hydrogens (primary N) is 1. The molecule has 1 aromatic carbocycles. The number of hydrogen-bond acceptors (Lipinski definition) is 3. The fraction of sp³-hybridized carbons (Fsp3) is 0.652. The lowest BCUT2D eigenvalue weighted by molar-refractivity contribution is 0.0745. The number of nitrogens with zero attached hydrogens (tertiary/aromatic N) is 1. The van der Waals surface area contributed by atoms with Crippen molar-refractivity contribution in [2.75, 3.05) is 13.6 Å². The molecule has 3 N–H and O–H groups in total. The molecule has 2 fully saturated rings. The van der Waals surface area contributed by atoms with Crippen LogP contribution in [0.3, 0.4) is 0 Å². The van der Waals surface area contributed by atoms with E-state index in [0.717, 1.165) is 25.7 Å². The van der Waals surface area contributed by atoms with Crippen LogP contribution in [0.15, 0.2) is 24.3 Å². The lowest BCUT2D eigenvalue weighted by Crippen LogP contribution is -2.53. The van der Waals surface area contributed by atoms with E-state index >= 15 is 0 Å². The highest BCUT2D eigenvalue weighted by Gasteiger charge is 2.40. The van der Waals surface area contributed by atoms with E-state index in [1.807, 2.05) is 7.05 Å². The Kier molecular flexibility index (Phi) is 7.74. The lowest BCUT2D eigenvalue weighted by atomic mass is 9.67. The van der Waals surface area contributed by atoms with Gasteiger partial charge in [-0.2, -0.15) is 0 Å². The Balaban J connectivity index is 0.00000300. The van der Waals surface area contributed by atoms with Crippen molar-refractivity contribution in [1.82, 2.24) is 10.2 Å². The molecule has 2 aliphatic rings. The van der Waals surface area contributed by atoms with Crippen molar-refractivity contribution in [2.24, 2.45) is 23.0 Å². The smallest absolute Gasteiger partial charge is 0.253 e. The van der Waals surface area contributed by atoms with Crippen molar-refractivity contribution >= 4 is 24.2 Å². The van der Waals surface area contributed by atoms with Gasteiger partial charge in [0.05, 0.1) is 0 Å². The van der Waals surface area contributed by atoms with Gasteiger partial charge in [-0.1, -0.05) is 33.3 Å². The van der Waals surface area contributed by atoms with Crippen LogP contribution in [0.5, 0.6) is 0 Å². The molecule has 1 aromatic rings. The molecule has 2 aliphatic carbocycles. The first-order valence-corrected chi connectivity index (χ1v) is 10.6. The fourth-order valence-electron chi connectivity index (χ4n) is 5.06. The van der Waals surface area contributed by atoms with Gasteiger partial charge >= 0.3 is 0 Å². The number of rotatable bonds is 4. The van der Waals surface area contributed by atoms with Crippen molar-refractivity contribution in [3.8, 4) is 0 Å². The summed E-state index contributed by atoms with van der Waals surface area (Å²) >= 11 is 0. The van der Waals surface area contributed by atoms with Gasteiger partial charge in [0, 0.05) is 36.8 Å². The molecule has 2 atom stereocenters. The second kappa shape index (κ2) is 9.48. The highest BCUT2D eigenvalue weighted by molar-refractivity contribution is 5.99. The summed E-state index contributed by atoms with van der Waals surface area (Å²) < 4.78 is 0. The van der Waals surface area contributed by atoms with Gasteiger partial charge in [-0.05, 0) is 61.1 Å². The molecule has 0 radical (unpaired) electrons. The maximum Gasteiger partial charge on any atom is 0.253 e. The number of carbonyl (C=O) groups excluding carboxylic acids is 2. The first kappa shape index (κ1) is 23.7. The van der Waals surface area contributed by atoms with Crippen LogP contribution in [0.2, 0.25) is 0 Å². The molecule has 0 heterocycles. The summed E-state index contributed by atoms with van der Waals surface area (Å²) in [5.74, 6) is 0.832. The predicted octanol–water partition coefficient (Wildman–Crippen LogP) is 3.86. The Morgan fingerprint density at radius 3 is 2.31 bits per heavy atom. The van der Waals surface area contributed by atoms with E-state index < -0.39 is 0 Å². The van der Waals surface area contributed by atoms with Crippen LogP contribution >= 0.6 is 12.4 Å². The van der Waals surface area contributed by atoms with Crippen molar-refractivity contribution in [3.05, 3.63) is 35.4 Å². The maximum absolute atomic E-state index is 12.9. The maximum atomic E-state index is 12.9. The molecule has 0 aliphatic heterocycles. The highest BCUT2D eigenvalue weighted by Crippen LogP contribution is 2.39. The zero-order valence-corrected chi connectivity index (χ0v) is 18.9. The van der Waals surface area contributed by atoms with Gasteiger partial charge < -0.3 is 16.0 Å². The summed E-state index contributed by atoms with van der Waals surface area (Å²) in [5, 5.41) is 3.27. The number of hydrogen-bond donors (Lipinski definition) is 2. The number of amides is 2. The minimum atomic E-state index is -0.0782. The second-order valence-electron chi connectivity index (χ2n) is 9.98. The number of halogens is 1. The van der Waals surface area contributed by atoms with Crippen LogP contribution in [0.1, 0.15) is 73.6 Å². The molecule has 3 rings (SSSR count). The van der Waals surface area contributed by atoms with Crippen molar-refractivity contribution < 1.29 is 9.59 Å². The Hall–Kier alpha value is -1.59. The van der Waals surface area contributed by atoms with Crippen LogP contribution in [-0.4, -0.2) is 42.4 Å². The van der Waals surface area contributed by atoms with Gasteiger partial charge in [0.15, 0.2) is 0 Å². The average Bonchev–Trinajstić information content (AvgIpc) is 2.60. The fourth-order valence-corrected chi connectivity index (χ4v) is 5.06. The quantitative estimate of drug-likeness (QED) is 0.774. The van der Waals surface area contributed by atoms with Crippen LogP contribution in [0.25, 0.3) is 0 Å². The lowest BCUT2D eigenvalue weighted by Gasteiger charge is -2.45. The van der Waals surface area contributed by atoms with Gasteiger partial charge in [-0.25, -0.2) is 0 Å². The number of nitrogens with one attached hydrogen (secondary N) is 1. The SMILES string of the molecule is CN(CC(C)(C)C)C(=O)c1cccc(C(=O)NC2C3CCCC2CC(N)C3)c1.Cl. The summed E-state index contributed by atoms with van der Waals surface area (Å²) in [6, 6.07) is 7.57. The third-order valence-electron chi connectivity index (χ3n) is 6.10. The molecule has 2 bridgehead atoms. The number of carbonyl (C=O) groups is 2. The normalized spacial score (nSPS) is 26.2. The first-order chi connectivity index (χ1) is 13.1. The van der Waals surface area contributed by atoms with Crippen LogP contribution < -0.4 is 11.1 Å². The summed E-state index contributed by atoms with van der Waals surface area (Å²) in [4.78, 5) is 27.4. The largest absolute Gasteiger partial charge is 0.349 e. The monoisotopic (exact) mass is 421 g/mol. The molecule has 5 nitrogen and oxygen atoms in total. The van der Waals surface area contributed by atoms with Crippen LogP contribution in [0, 0.1) is 17.3 Å². The standard InChI is InChI=1S/C23H35N3O2.ClH/c1-23(2,3)14-26(4)22(28)18-10-6-9-17(11-18)21(27)25-20-15-7-5-8-16(20)13-19(24)12-15;/h6,9-11,15-16,19-20H,5,7-8,12-14,24H2,1-4H3,(H,25,27);1H. The molecule has 2 unspecified atom stereocenters. The van der Waals surface area contributed by atoms with Crippen LogP contribution in [0.4, 0.5) is 0 Å². The molecule has 0 aromatic heterocycles. The van der Waals surface area contributed by atoms with E-state index in [-0.39, 0.29) is 41.7 Å². The van der Waals surface area contributed by atoms with Gasteiger partial charge in [-0.3, -0.25) is 9.59 Å². The van der Waals surface area contributed by atoms with E-state index in [9.17, 15) is 9.59 Å². The topological polar surface area (TPSA) is 75.4 Å². The molecule has 6 heteroatoms. The Labute approximate surface area is 181 Å². The van der Waals surface area contributed by atoms with Gasteiger partial charge in [0.25, 0.3) is 11.8 Å². The summed E-state index contributed by atoms with van der Waals surface area (Å²) in [5.41, 5.74) is 7.34. The molecular formula is C23H36ClN3O2. The zero-order valence-electron chi connectivity index (χ0n) is 18.1. The Bertz CT molecular complexity index is 717. The minimum Gasteiger partial charge on any atom is -0.349 e. The Morgan fingerprint density at radius 1 is 1.14 bits per heavy atom. The first-order valence-electron chi connectivity index (χ1n) is 10.6. The van der Waals surface area contributed by atoms with E-state index in [0.29, 0.717) is 29.5 Å². The second-order valence-corrected chi connectivity index (χ2v) is 9.98. The summed E-state index contributed by atoms with van der Waals surface area (Å²) in [7, 11) is 1.81. The van der Waals surface area contributed by atoms with Gasteiger partial charge in [0.2, 0.25) is 0 Å². The molecule has 0 saturated heterocycles. The number of fused-ring (bicyclic) bond motifs is 2. The summed E-state index contributed by atoms with van der Waals surface area (Å²) in [6.45, 7) is 6.97. The van der Waals surface area contributed by atoms with E-state index in [1.54, 1.807) is 29.2 Å². The average molecular weight is 422 g/mol. The minimum absolute atomic E-state index is 0. The van der Waals surface area contributed by atoms with E-state index in [1.165, 1.54) is 6.42 Å².